The maximum absolute atomic E-state index is 12.2. The fraction of sp³-hybridized carbons (Fsp3) is 0.471. The molecule has 3 nitrogen and oxygen atoms in total. The summed E-state index contributed by atoms with van der Waals surface area (Å²) in [6.07, 6.45) is 2.33. The SMILES string of the molecule is CCCC(C)(C)NC(=O)c1ccc(C#CCCO)c(Cl)c1. The van der Waals surface area contributed by atoms with E-state index in [0.717, 1.165) is 12.8 Å². The Labute approximate surface area is 131 Å². The molecule has 0 spiro atoms. The van der Waals surface area contributed by atoms with E-state index in [4.69, 9.17) is 16.7 Å². The number of amides is 1. The lowest BCUT2D eigenvalue weighted by Crippen LogP contribution is -2.43. The second-order valence-electron chi connectivity index (χ2n) is 5.56. The van der Waals surface area contributed by atoms with Crippen LogP contribution in [0.4, 0.5) is 0 Å². The number of hydrogen-bond acceptors (Lipinski definition) is 2. The van der Waals surface area contributed by atoms with Gasteiger partial charge in [-0.05, 0) is 38.5 Å². The van der Waals surface area contributed by atoms with Gasteiger partial charge in [-0.3, -0.25) is 4.79 Å². The summed E-state index contributed by atoms with van der Waals surface area (Å²) in [5, 5.41) is 12.1. The largest absolute Gasteiger partial charge is 0.395 e. The van der Waals surface area contributed by atoms with Gasteiger partial charge in [0, 0.05) is 23.1 Å². The van der Waals surface area contributed by atoms with Crippen LogP contribution in [0.5, 0.6) is 0 Å². The van der Waals surface area contributed by atoms with Crippen LogP contribution in [-0.4, -0.2) is 23.2 Å². The van der Waals surface area contributed by atoms with Crippen LogP contribution in [0.1, 0.15) is 56.0 Å². The third-order valence-corrected chi connectivity index (χ3v) is 3.33. The van der Waals surface area contributed by atoms with E-state index in [1.807, 2.05) is 13.8 Å². The first-order chi connectivity index (χ1) is 9.89. The predicted molar refractivity (Wildman–Crippen MR) is 86.5 cm³/mol. The van der Waals surface area contributed by atoms with Crippen LogP contribution in [0.15, 0.2) is 18.2 Å². The highest BCUT2D eigenvalue weighted by molar-refractivity contribution is 6.32. The number of aliphatic hydroxyl groups is 1. The van der Waals surface area contributed by atoms with E-state index in [0.29, 0.717) is 22.6 Å². The summed E-state index contributed by atoms with van der Waals surface area (Å²) < 4.78 is 0. The third-order valence-electron chi connectivity index (χ3n) is 3.02. The van der Waals surface area contributed by atoms with Crippen LogP contribution >= 0.6 is 11.6 Å². The highest BCUT2D eigenvalue weighted by atomic mass is 35.5. The average molecular weight is 308 g/mol. The van der Waals surface area contributed by atoms with Crippen molar-refractivity contribution in [3.05, 3.63) is 34.3 Å². The standard InChI is InChI=1S/C17H22ClNO2/c1-4-10-17(2,3)19-16(21)14-9-8-13(15(18)12-14)7-5-6-11-20/h8-9,12,20H,4,6,10-11H2,1-3H3,(H,19,21). The Kier molecular flexibility index (Phi) is 6.74. The minimum Gasteiger partial charge on any atom is -0.395 e. The summed E-state index contributed by atoms with van der Waals surface area (Å²) in [5.74, 6) is 5.55. The molecule has 0 saturated heterocycles. The van der Waals surface area contributed by atoms with E-state index in [1.54, 1.807) is 18.2 Å². The second kappa shape index (κ2) is 8.07. The van der Waals surface area contributed by atoms with Crippen molar-refractivity contribution in [2.45, 2.75) is 45.6 Å². The van der Waals surface area contributed by atoms with Gasteiger partial charge in [-0.1, -0.05) is 36.8 Å². The van der Waals surface area contributed by atoms with Gasteiger partial charge in [0.25, 0.3) is 5.91 Å². The molecule has 0 aliphatic rings. The maximum Gasteiger partial charge on any atom is 0.251 e. The van der Waals surface area contributed by atoms with Crippen LogP contribution in [-0.2, 0) is 0 Å². The molecule has 0 unspecified atom stereocenters. The highest BCUT2D eigenvalue weighted by Crippen LogP contribution is 2.18. The molecule has 1 rings (SSSR count). The maximum atomic E-state index is 12.2. The fourth-order valence-corrected chi connectivity index (χ4v) is 2.27. The van der Waals surface area contributed by atoms with Gasteiger partial charge in [0.1, 0.15) is 0 Å². The normalized spacial score (nSPS) is 10.7. The molecule has 0 aliphatic heterocycles. The number of nitrogens with one attached hydrogen (secondary N) is 1. The van der Waals surface area contributed by atoms with Gasteiger partial charge < -0.3 is 10.4 Å². The molecule has 2 N–H and O–H groups in total. The third kappa shape index (κ3) is 5.79. The monoisotopic (exact) mass is 307 g/mol. The molecule has 0 aliphatic carbocycles. The van der Waals surface area contributed by atoms with E-state index < -0.39 is 0 Å². The first-order valence-electron chi connectivity index (χ1n) is 7.11. The highest BCUT2D eigenvalue weighted by Gasteiger charge is 2.20. The van der Waals surface area contributed by atoms with Gasteiger partial charge in [-0.25, -0.2) is 0 Å². The summed E-state index contributed by atoms with van der Waals surface area (Å²) in [4.78, 5) is 12.2. The van der Waals surface area contributed by atoms with Gasteiger partial charge in [0.05, 0.1) is 11.6 Å². The topological polar surface area (TPSA) is 49.3 Å². The van der Waals surface area contributed by atoms with Crippen molar-refractivity contribution in [1.82, 2.24) is 5.32 Å². The number of carbonyl (C=O) groups is 1. The molecule has 0 saturated carbocycles. The Balaban J connectivity index is 2.84. The molecule has 4 heteroatoms. The zero-order valence-electron chi connectivity index (χ0n) is 12.8. The number of hydrogen-bond donors (Lipinski definition) is 2. The van der Waals surface area contributed by atoms with Gasteiger partial charge in [0.15, 0.2) is 0 Å². The smallest absolute Gasteiger partial charge is 0.251 e. The van der Waals surface area contributed by atoms with E-state index in [2.05, 4.69) is 24.1 Å². The van der Waals surface area contributed by atoms with Crippen molar-refractivity contribution in [3.63, 3.8) is 0 Å². The minimum atomic E-state index is -0.238. The van der Waals surface area contributed by atoms with Crippen LogP contribution in [0, 0.1) is 11.8 Å². The molecule has 1 aromatic rings. The Morgan fingerprint density at radius 3 is 2.71 bits per heavy atom. The van der Waals surface area contributed by atoms with E-state index in [9.17, 15) is 4.79 Å². The summed E-state index contributed by atoms with van der Waals surface area (Å²) >= 11 is 6.14. The van der Waals surface area contributed by atoms with Gasteiger partial charge in [-0.15, -0.1) is 0 Å². The number of halogens is 1. The molecular formula is C17H22ClNO2. The van der Waals surface area contributed by atoms with Crippen molar-refractivity contribution in [1.29, 1.82) is 0 Å². The number of aliphatic hydroxyl groups excluding tert-OH is 1. The van der Waals surface area contributed by atoms with Crippen molar-refractivity contribution < 1.29 is 9.90 Å². The number of rotatable bonds is 5. The summed E-state index contributed by atoms with van der Waals surface area (Å²) in [5.41, 5.74) is 0.948. The Bertz CT molecular complexity index is 556. The van der Waals surface area contributed by atoms with Crippen LogP contribution in [0.3, 0.4) is 0 Å². The van der Waals surface area contributed by atoms with Crippen molar-refractivity contribution >= 4 is 17.5 Å². The molecule has 21 heavy (non-hydrogen) atoms. The molecule has 0 heterocycles. The first kappa shape index (κ1) is 17.6. The van der Waals surface area contributed by atoms with Crippen molar-refractivity contribution in [2.75, 3.05) is 6.61 Å². The molecule has 0 atom stereocenters. The Morgan fingerprint density at radius 1 is 1.43 bits per heavy atom. The summed E-state index contributed by atoms with van der Waals surface area (Å²) in [7, 11) is 0. The molecule has 0 bridgehead atoms. The Morgan fingerprint density at radius 2 is 2.14 bits per heavy atom. The van der Waals surface area contributed by atoms with Gasteiger partial charge in [0.2, 0.25) is 0 Å². The van der Waals surface area contributed by atoms with E-state index >= 15 is 0 Å². The first-order valence-corrected chi connectivity index (χ1v) is 7.49. The average Bonchev–Trinajstić information content (AvgIpc) is 2.40. The van der Waals surface area contributed by atoms with E-state index in [1.165, 1.54) is 0 Å². The molecule has 0 fully saturated rings. The van der Waals surface area contributed by atoms with Crippen molar-refractivity contribution in [3.8, 4) is 11.8 Å². The fourth-order valence-electron chi connectivity index (χ4n) is 2.04. The lowest BCUT2D eigenvalue weighted by Gasteiger charge is -2.25. The molecule has 1 amide bonds. The zero-order chi connectivity index (χ0) is 15.9. The zero-order valence-corrected chi connectivity index (χ0v) is 13.5. The molecule has 0 aromatic heterocycles. The summed E-state index contributed by atoms with van der Waals surface area (Å²) in [6, 6.07) is 5.07. The molecule has 114 valence electrons. The molecule has 0 radical (unpaired) electrons. The molecule has 1 aromatic carbocycles. The molecular weight excluding hydrogens is 286 g/mol. The van der Waals surface area contributed by atoms with E-state index in [-0.39, 0.29) is 18.1 Å². The number of benzene rings is 1. The second-order valence-corrected chi connectivity index (χ2v) is 5.97. The lowest BCUT2D eigenvalue weighted by molar-refractivity contribution is 0.0909. The quantitative estimate of drug-likeness (QED) is 0.819. The van der Waals surface area contributed by atoms with Crippen LogP contribution in [0.2, 0.25) is 5.02 Å². The van der Waals surface area contributed by atoms with Gasteiger partial charge in [-0.2, -0.15) is 0 Å². The van der Waals surface area contributed by atoms with Gasteiger partial charge >= 0.3 is 0 Å². The van der Waals surface area contributed by atoms with Crippen LogP contribution < -0.4 is 5.32 Å². The predicted octanol–water partition coefficient (Wildman–Crippen LogP) is 3.38. The summed E-state index contributed by atoms with van der Waals surface area (Å²) in [6.45, 7) is 6.12. The lowest BCUT2D eigenvalue weighted by atomic mass is 9.98. The van der Waals surface area contributed by atoms with Crippen LogP contribution in [0.25, 0.3) is 0 Å². The Hall–Kier alpha value is -1.50. The van der Waals surface area contributed by atoms with Crippen molar-refractivity contribution in [2.24, 2.45) is 0 Å². The number of carbonyl (C=O) groups excluding carboxylic acids is 1. The minimum absolute atomic E-state index is 0.0254.